The van der Waals surface area contributed by atoms with E-state index in [-0.39, 0.29) is 16.3 Å². The van der Waals surface area contributed by atoms with Gasteiger partial charge in [0.25, 0.3) is 0 Å². The smallest absolute Gasteiger partial charge is 0.0622 e. The first-order chi connectivity index (χ1) is 8.20. The van der Waals surface area contributed by atoms with Crippen LogP contribution in [-0.2, 0) is 0 Å². The predicted octanol–water partition coefficient (Wildman–Crippen LogP) is 2.69. The number of hydrogen-bond donors (Lipinski definition) is 0. The third-order valence-corrected chi connectivity index (χ3v) is 5.27. The largest absolute Gasteiger partial charge is 0.0814 e. The van der Waals surface area contributed by atoms with Gasteiger partial charge in [-0.3, -0.25) is 0 Å². The Labute approximate surface area is 114 Å². The Morgan fingerprint density at radius 1 is 0.833 bits per heavy atom. The lowest BCUT2D eigenvalue weighted by Gasteiger charge is -2.19. The molecule has 0 aliphatic rings. The van der Waals surface area contributed by atoms with E-state index in [2.05, 4.69) is 75.1 Å². The van der Waals surface area contributed by atoms with Crippen molar-refractivity contribution in [3.63, 3.8) is 0 Å². The standard InChI is InChI=1S/C16H19P.BH3/c1-13(2)15-11-7-8-12-16(15)17(3)14-9-5-4-6-10-14;/h4-13H,1-3H3;1H3. The van der Waals surface area contributed by atoms with Crippen LogP contribution >= 0.6 is 7.92 Å². The minimum atomic E-state index is -0.224. The molecule has 0 heterocycles. The maximum absolute atomic E-state index is 2.35. The van der Waals surface area contributed by atoms with E-state index in [0.29, 0.717) is 5.92 Å². The highest BCUT2D eigenvalue weighted by atomic mass is 31.1. The van der Waals surface area contributed by atoms with Gasteiger partial charge in [0, 0.05) is 0 Å². The van der Waals surface area contributed by atoms with Crippen molar-refractivity contribution < 1.29 is 0 Å². The van der Waals surface area contributed by atoms with Crippen LogP contribution in [0.3, 0.4) is 0 Å². The quantitative estimate of drug-likeness (QED) is 0.585. The summed E-state index contributed by atoms with van der Waals surface area (Å²) < 4.78 is 0. The maximum atomic E-state index is 2.35. The van der Waals surface area contributed by atoms with Crippen molar-refractivity contribution in [1.82, 2.24) is 0 Å². The van der Waals surface area contributed by atoms with E-state index in [0.717, 1.165) is 0 Å². The molecule has 94 valence electrons. The van der Waals surface area contributed by atoms with Crippen LogP contribution in [0.2, 0.25) is 0 Å². The van der Waals surface area contributed by atoms with Gasteiger partial charge in [-0.25, -0.2) is 0 Å². The molecule has 0 fully saturated rings. The molecular formula is C16H22BP. The Morgan fingerprint density at radius 2 is 1.39 bits per heavy atom. The van der Waals surface area contributed by atoms with Crippen LogP contribution < -0.4 is 10.6 Å². The van der Waals surface area contributed by atoms with E-state index >= 15 is 0 Å². The fraction of sp³-hybridized carbons (Fsp3) is 0.250. The minimum absolute atomic E-state index is 0. The molecular weight excluding hydrogens is 234 g/mol. The lowest BCUT2D eigenvalue weighted by molar-refractivity contribution is 0.873. The Bertz CT molecular complexity index is 479. The Hall–Kier alpha value is -1.07. The van der Waals surface area contributed by atoms with Crippen LogP contribution in [-0.4, -0.2) is 15.1 Å². The molecule has 2 aromatic carbocycles. The molecule has 0 nitrogen and oxygen atoms in total. The van der Waals surface area contributed by atoms with Gasteiger partial charge in [0.1, 0.15) is 0 Å². The van der Waals surface area contributed by atoms with E-state index in [1.54, 1.807) is 0 Å². The molecule has 0 saturated carbocycles. The molecule has 0 saturated heterocycles. The van der Waals surface area contributed by atoms with E-state index in [1.807, 2.05) is 0 Å². The molecule has 0 N–H and O–H groups in total. The van der Waals surface area contributed by atoms with Gasteiger partial charge in [0.05, 0.1) is 8.41 Å². The molecule has 2 aromatic rings. The molecule has 0 bridgehead atoms. The maximum Gasteiger partial charge on any atom is 0.0814 e. The van der Waals surface area contributed by atoms with Crippen LogP contribution in [0.5, 0.6) is 0 Å². The van der Waals surface area contributed by atoms with Crippen molar-refractivity contribution in [2.45, 2.75) is 19.8 Å². The van der Waals surface area contributed by atoms with Gasteiger partial charge in [-0.15, -0.1) is 0 Å². The molecule has 0 aliphatic heterocycles. The first-order valence-corrected chi connectivity index (χ1v) is 7.86. The molecule has 0 spiro atoms. The van der Waals surface area contributed by atoms with Crippen LogP contribution in [0.1, 0.15) is 25.3 Å². The van der Waals surface area contributed by atoms with Gasteiger partial charge >= 0.3 is 0 Å². The van der Waals surface area contributed by atoms with Crippen LogP contribution in [0.4, 0.5) is 0 Å². The summed E-state index contributed by atoms with van der Waals surface area (Å²) >= 11 is 0. The number of benzene rings is 2. The Kier molecular flexibility index (Phi) is 5.63. The zero-order chi connectivity index (χ0) is 12.3. The first-order valence-electron chi connectivity index (χ1n) is 6.08. The Morgan fingerprint density at radius 3 is 2.00 bits per heavy atom. The molecule has 0 radical (unpaired) electrons. The van der Waals surface area contributed by atoms with Gasteiger partial charge in [0.15, 0.2) is 0 Å². The third-order valence-electron chi connectivity index (χ3n) is 3.06. The summed E-state index contributed by atoms with van der Waals surface area (Å²) in [7, 11) is -0.224. The van der Waals surface area contributed by atoms with E-state index < -0.39 is 0 Å². The van der Waals surface area contributed by atoms with Crippen molar-refractivity contribution >= 4 is 26.9 Å². The second-order valence-electron chi connectivity index (χ2n) is 4.61. The molecule has 18 heavy (non-hydrogen) atoms. The van der Waals surface area contributed by atoms with Crippen LogP contribution in [0.25, 0.3) is 0 Å². The van der Waals surface area contributed by atoms with Crippen molar-refractivity contribution in [3.05, 3.63) is 60.2 Å². The summed E-state index contributed by atoms with van der Waals surface area (Å²) in [4.78, 5) is 0. The average Bonchev–Trinajstić information content (AvgIpc) is 2.39. The van der Waals surface area contributed by atoms with E-state index in [4.69, 9.17) is 0 Å². The van der Waals surface area contributed by atoms with E-state index in [9.17, 15) is 0 Å². The van der Waals surface area contributed by atoms with Crippen molar-refractivity contribution in [2.24, 2.45) is 0 Å². The average molecular weight is 256 g/mol. The molecule has 0 amide bonds. The summed E-state index contributed by atoms with van der Waals surface area (Å²) in [5.74, 6) is 0.597. The summed E-state index contributed by atoms with van der Waals surface area (Å²) in [6, 6.07) is 19.7. The zero-order valence-electron chi connectivity index (χ0n) is 10.7. The normalized spacial score (nSPS) is 12.0. The topological polar surface area (TPSA) is 0 Å². The van der Waals surface area contributed by atoms with E-state index in [1.165, 1.54) is 16.2 Å². The minimum Gasteiger partial charge on any atom is -0.0622 e. The van der Waals surface area contributed by atoms with Crippen molar-refractivity contribution in [3.8, 4) is 0 Å². The van der Waals surface area contributed by atoms with Crippen LogP contribution in [0.15, 0.2) is 54.6 Å². The van der Waals surface area contributed by atoms with Gasteiger partial charge in [0.2, 0.25) is 0 Å². The summed E-state index contributed by atoms with van der Waals surface area (Å²) in [6.07, 6.45) is 0. The molecule has 0 aliphatic carbocycles. The lowest BCUT2D eigenvalue weighted by Crippen LogP contribution is -2.15. The second kappa shape index (κ2) is 6.76. The molecule has 1 unspecified atom stereocenters. The van der Waals surface area contributed by atoms with Gasteiger partial charge in [-0.1, -0.05) is 68.4 Å². The number of rotatable bonds is 3. The highest BCUT2D eigenvalue weighted by Crippen LogP contribution is 2.32. The first kappa shape index (κ1) is 15.0. The molecule has 0 aromatic heterocycles. The monoisotopic (exact) mass is 256 g/mol. The highest BCUT2D eigenvalue weighted by Gasteiger charge is 2.13. The molecule has 2 rings (SSSR count). The summed E-state index contributed by atoms with van der Waals surface area (Å²) in [6.45, 7) is 6.89. The van der Waals surface area contributed by atoms with Gasteiger partial charge in [-0.2, -0.15) is 0 Å². The zero-order valence-corrected chi connectivity index (χ0v) is 11.6. The predicted molar refractivity (Wildman–Crippen MR) is 89.0 cm³/mol. The second-order valence-corrected chi connectivity index (χ2v) is 6.72. The van der Waals surface area contributed by atoms with Crippen molar-refractivity contribution in [1.29, 1.82) is 0 Å². The Balaban J connectivity index is 0.00000162. The van der Waals surface area contributed by atoms with Gasteiger partial charge in [-0.05, 0) is 36.7 Å². The fourth-order valence-corrected chi connectivity index (χ4v) is 4.00. The SMILES string of the molecule is B.CC(C)c1ccccc1P(C)c1ccccc1. The molecule has 1 atom stereocenters. The summed E-state index contributed by atoms with van der Waals surface area (Å²) in [5.41, 5.74) is 1.49. The fourth-order valence-electron chi connectivity index (χ4n) is 2.07. The molecule has 2 heteroatoms. The van der Waals surface area contributed by atoms with Crippen molar-refractivity contribution in [2.75, 3.05) is 6.66 Å². The van der Waals surface area contributed by atoms with Gasteiger partial charge < -0.3 is 0 Å². The third kappa shape index (κ3) is 3.24. The highest BCUT2D eigenvalue weighted by molar-refractivity contribution is 7.72. The van der Waals surface area contributed by atoms with Crippen LogP contribution in [0, 0.1) is 0 Å². The summed E-state index contributed by atoms with van der Waals surface area (Å²) in [5, 5.41) is 2.97. The lowest BCUT2D eigenvalue weighted by atomic mass is 10.0. The number of hydrogen-bond acceptors (Lipinski definition) is 0.